The first kappa shape index (κ1) is 26.1. The zero-order valence-electron chi connectivity index (χ0n) is 19.5. The Bertz CT molecular complexity index is 1310. The summed E-state index contributed by atoms with van der Waals surface area (Å²) >= 11 is 6.52. The van der Waals surface area contributed by atoms with Gasteiger partial charge in [0, 0.05) is 34.0 Å². The normalized spacial score (nSPS) is 10.6. The molecule has 0 saturated heterocycles. The van der Waals surface area contributed by atoms with E-state index in [1.807, 2.05) is 60.7 Å². The smallest absolute Gasteiger partial charge is 0.204 e. The van der Waals surface area contributed by atoms with Gasteiger partial charge in [-0.2, -0.15) is 0 Å². The number of nitrogens with two attached hydrogens (primary N) is 2. The standard InChI is InChI=1S/C26H24ClN5O.CH3NO/c1-18(22-15-19(13-14-23(22)27)24-10-6-11-25(28)32-24)30-26(31-20-7-3-2-4-8-20)12-5-9-21-16-29-17-33-21;2-1-3/h2-4,6-8,10-17,30-31H,1,5,9H2,(H2,28,32);1H,(H2,2,3)/b26-12-;. The van der Waals surface area contributed by atoms with Crippen LogP contribution in [0.5, 0.6) is 0 Å². The van der Waals surface area contributed by atoms with Crippen molar-refractivity contribution in [3.63, 3.8) is 0 Å². The van der Waals surface area contributed by atoms with Crippen LogP contribution < -0.4 is 22.1 Å². The number of nitrogens with zero attached hydrogens (tertiary/aromatic N) is 2. The van der Waals surface area contributed by atoms with E-state index in [1.54, 1.807) is 12.3 Å². The van der Waals surface area contributed by atoms with Crippen molar-refractivity contribution in [2.24, 2.45) is 5.73 Å². The lowest BCUT2D eigenvalue weighted by molar-refractivity contribution is -0.106. The van der Waals surface area contributed by atoms with Crippen molar-refractivity contribution in [3.8, 4) is 11.3 Å². The van der Waals surface area contributed by atoms with E-state index in [9.17, 15) is 0 Å². The van der Waals surface area contributed by atoms with Gasteiger partial charge >= 0.3 is 0 Å². The topological polar surface area (TPSA) is 132 Å². The highest BCUT2D eigenvalue weighted by Gasteiger charge is 2.10. The van der Waals surface area contributed by atoms with Gasteiger partial charge in [-0.1, -0.05) is 48.5 Å². The fourth-order valence-electron chi connectivity index (χ4n) is 3.29. The maximum absolute atomic E-state index is 8.58. The molecule has 2 aromatic carbocycles. The van der Waals surface area contributed by atoms with Crippen LogP contribution in [0.25, 0.3) is 17.0 Å². The monoisotopic (exact) mass is 502 g/mol. The van der Waals surface area contributed by atoms with Crippen molar-refractivity contribution in [2.75, 3.05) is 11.1 Å². The van der Waals surface area contributed by atoms with Crippen molar-refractivity contribution in [1.82, 2.24) is 15.3 Å². The summed E-state index contributed by atoms with van der Waals surface area (Å²) in [5, 5.41) is 7.36. The molecule has 0 aliphatic heterocycles. The molecule has 36 heavy (non-hydrogen) atoms. The Hall–Kier alpha value is -4.56. The minimum Gasteiger partial charge on any atom is -0.449 e. The van der Waals surface area contributed by atoms with Crippen molar-refractivity contribution in [1.29, 1.82) is 0 Å². The molecule has 1 amide bonds. The number of nitrogen functional groups attached to an aromatic ring is 1. The minimum absolute atomic E-state index is 0.250. The van der Waals surface area contributed by atoms with Crippen molar-refractivity contribution in [3.05, 3.63) is 114 Å². The zero-order chi connectivity index (χ0) is 25.8. The Morgan fingerprint density at radius 1 is 1.11 bits per heavy atom. The molecular formula is C27H27ClN6O2. The molecule has 2 aromatic heterocycles. The van der Waals surface area contributed by atoms with Crippen molar-refractivity contribution >= 4 is 35.2 Å². The highest BCUT2D eigenvalue weighted by molar-refractivity contribution is 6.32. The van der Waals surface area contributed by atoms with E-state index in [-0.39, 0.29) is 6.41 Å². The molecule has 0 saturated carbocycles. The van der Waals surface area contributed by atoms with Gasteiger partial charge in [0.1, 0.15) is 17.4 Å². The molecule has 184 valence electrons. The van der Waals surface area contributed by atoms with Gasteiger partial charge in [0.25, 0.3) is 0 Å². The number of hydrogen-bond donors (Lipinski definition) is 4. The second-order valence-corrected chi connectivity index (χ2v) is 7.90. The Kier molecular flexibility index (Phi) is 9.67. The van der Waals surface area contributed by atoms with E-state index in [2.05, 4.69) is 39.0 Å². The third-order valence-electron chi connectivity index (χ3n) is 4.92. The molecule has 8 nitrogen and oxygen atoms in total. The number of carbonyl (C=O) groups is 1. The number of carbonyl (C=O) groups excluding carboxylic acids is 1. The molecule has 4 aromatic rings. The Labute approximate surface area is 214 Å². The van der Waals surface area contributed by atoms with E-state index in [0.717, 1.165) is 46.9 Å². The van der Waals surface area contributed by atoms with Crippen molar-refractivity contribution < 1.29 is 9.21 Å². The van der Waals surface area contributed by atoms with E-state index >= 15 is 0 Å². The number of hydrogen-bond acceptors (Lipinski definition) is 7. The largest absolute Gasteiger partial charge is 0.449 e. The first-order chi connectivity index (χ1) is 17.5. The zero-order valence-corrected chi connectivity index (χ0v) is 20.3. The summed E-state index contributed by atoms with van der Waals surface area (Å²) in [6, 6.07) is 21.1. The van der Waals surface area contributed by atoms with Gasteiger partial charge in [-0.25, -0.2) is 9.97 Å². The summed E-state index contributed by atoms with van der Waals surface area (Å²) < 4.78 is 5.33. The average Bonchev–Trinajstić information content (AvgIpc) is 3.39. The lowest BCUT2D eigenvalue weighted by Gasteiger charge is -2.17. The third kappa shape index (κ3) is 7.75. The maximum Gasteiger partial charge on any atom is 0.204 e. The second kappa shape index (κ2) is 13.4. The number of amides is 1. The summed E-state index contributed by atoms with van der Waals surface area (Å²) in [7, 11) is 0. The third-order valence-corrected chi connectivity index (χ3v) is 5.25. The molecule has 0 unspecified atom stereocenters. The number of anilines is 2. The Balaban J connectivity index is 0.00000115. The second-order valence-electron chi connectivity index (χ2n) is 7.50. The number of aryl methyl sites for hydroxylation is 1. The molecule has 0 aliphatic carbocycles. The number of aromatic nitrogens is 2. The quantitative estimate of drug-likeness (QED) is 0.231. The van der Waals surface area contributed by atoms with Crippen LogP contribution in [-0.2, 0) is 11.2 Å². The van der Waals surface area contributed by atoms with E-state index in [4.69, 9.17) is 26.5 Å². The van der Waals surface area contributed by atoms with Crippen LogP contribution in [0.3, 0.4) is 0 Å². The van der Waals surface area contributed by atoms with Crippen LogP contribution in [-0.4, -0.2) is 16.4 Å². The number of allylic oxidation sites excluding steroid dienone is 1. The van der Waals surface area contributed by atoms with Gasteiger partial charge in [-0.05, 0) is 48.9 Å². The highest BCUT2D eigenvalue weighted by atomic mass is 35.5. The van der Waals surface area contributed by atoms with Crippen molar-refractivity contribution in [2.45, 2.75) is 12.8 Å². The summed E-state index contributed by atoms with van der Waals surface area (Å²) in [6.07, 6.45) is 6.93. The van der Waals surface area contributed by atoms with Crippen LogP contribution in [0.1, 0.15) is 17.7 Å². The van der Waals surface area contributed by atoms with Crippen LogP contribution in [0.4, 0.5) is 11.5 Å². The molecule has 4 rings (SSSR count). The van der Waals surface area contributed by atoms with Gasteiger partial charge in [-0.15, -0.1) is 0 Å². The molecule has 6 N–H and O–H groups in total. The average molecular weight is 503 g/mol. The molecule has 0 aliphatic rings. The number of nitrogens with one attached hydrogen (secondary N) is 2. The first-order valence-corrected chi connectivity index (χ1v) is 11.4. The Morgan fingerprint density at radius 2 is 1.89 bits per heavy atom. The molecule has 0 atom stereocenters. The van der Waals surface area contributed by atoms with E-state index < -0.39 is 0 Å². The fourth-order valence-corrected chi connectivity index (χ4v) is 3.52. The van der Waals surface area contributed by atoms with Gasteiger partial charge in [-0.3, -0.25) is 4.79 Å². The number of primary amides is 1. The van der Waals surface area contributed by atoms with Gasteiger partial charge in [0.15, 0.2) is 6.39 Å². The molecule has 0 fully saturated rings. The lowest BCUT2D eigenvalue weighted by atomic mass is 10.1. The number of oxazole rings is 1. The highest BCUT2D eigenvalue weighted by Crippen LogP contribution is 2.28. The van der Waals surface area contributed by atoms with E-state index in [1.165, 1.54) is 6.39 Å². The minimum atomic E-state index is 0.250. The number of rotatable bonds is 9. The summed E-state index contributed by atoms with van der Waals surface area (Å²) in [5.41, 5.74) is 14.1. The SMILES string of the molecule is C=C(N/C(=C/CCc1cnco1)Nc1ccccc1)c1cc(-c2cccc(N)n2)ccc1Cl.NC=O. The fraction of sp³-hybridized carbons (Fsp3) is 0.0741. The number of benzene rings is 2. The molecule has 0 bridgehead atoms. The Morgan fingerprint density at radius 3 is 2.58 bits per heavy atom. The summed E-state index contributed by atoms with van der Waals surface area (Å²) in [4.78, 5) is 16.9. The van der Waals surface area contributed by atoms with Gasteiger partial charge < -0.3 is 26.5 Å². The van der Waals surface area contributed by atoms with Crippen LogP contribution in [0, 0.1) is 0 Å². The number of pyridine rings is 1. The maximum atomic E-state index is 8.58. The van der Waals surface area contributed by atoms with Crippen LogP contribution in [0.2, 0.25) is 5.02 Å². The predicted molar refractivity (Wildman–Crippen MR) is 144 cm³/mol. The van der Waals surface area contributed by atoms with Crippen LogP contribution >= 0.6 is 11.6 Å². The molecular weight excluding hydrogens is 476 g/mol. The molecule has 2 heterocycles. The first-order valence-electron chi connectivity index (χ1n) is 11.0. The molecule has 0 radical (unpaired) electrons. The number of para-hydroxylation sites is 1. The predicted octanol–water partition coefficient (Wildman–Crippen LogP) is 5.22. The summed E-state index contributed by atoms with van der Waals surface area (Å²) in [5.74, 6) is 2.08. The molecule has 0 spiro atoms. The van der Waals surface area contributed by atoms with Gasteiger partial charge in [0.05, 0.1) is 11.9 Å². The van der Waals surface area contributed by atoms with Crippen LogP contribution in [0.15, 0.2) is 102 Å². The van der Waals surface area contributed by atoms with Gasteiger partial charge in [0.2, 0.25) is 6.41 Å². The lowest BCUT2D eigenvalue weighted by Crippen LogP contribution is -2.18. The number of halogens is 1. The van der Waals surface area contributed by atoms with E-state index in [0.29, 0.717) is 16.5 Å². The molecule has 9 heteroatoms. The summed E-state index contributed by atoms with van der Waals surface area (Å²) in [6.45, 7) is 4.23.